The number of rotatable bonds is 6. The molecule has 1 N–H and O–H groups in total. The highest BCUT2D eigenvalue weighted by atomic mass is 32.1. The summed E-state index contributed by atoms with van der Waals surface area (Å²) in [6.45, 7) is 4.76. The Kier molecular flexibility index (Phi) is 5.84. The highest BCUT2D eigenvalue weighted by molar-refractivity contribution is 7.80. The molecular formula is C27H26N4OS. The molecule has 0 bridgehead atoms. The van der Waals surface area contributed by atoms with E-state index in [0.29, 0.717) is 11.7 Å². The fourth-order valence-electron chi connectivity index (χ4n) is 4.52. The zero-order valence-electron chi connectivity index (χ0n) is 18.7. The van der Waals surface area contributed by atoms with Crippen molar-refractivity contribution in [2.75, 3.05) is 11.5 Å². The third-order valence-corrected chi connectivity index (χ3v) is 6.26. The molecule has 0 spiro atoms. The molecule has 1 saturated heterocycles. The van der Waals surface area contributed by atoms with Gasteiger partial charge in [0.2, 0.25) is 0 Å². The molecule has 1 aliphatic rings. The molecule has 5 rings (SSSR count). The van der Waals surface area contributed by atoms with Gasteiger partial charge in [-0.25, -0.2) is 0 Å². The van der Waals surface area contributed by atoms with Gasteiger partial charge in [-0.05, 0) is 86.7 Å². The van der Waals surface area contributed by atoms with Crippen molar-refractivity contribution in [3.63, 3.8) is 0 Å². The molecular weight excluding hydrogens is 428 g/mol. The minimum absolute atomic E-state index is 0.0840. The minimum atomic E-state index is -0.0953. The maximum absolute atomic E-state index is 5.87. The molecule has 0 unspecified atom stereocenters. The van der Waals surface area contributed by atoms with Crippen molar-refractivity contribution >= 4 is 23.0 Å². The summed E-state index contributed by atoms with van der Waals surface area (Å²) in [4.78, 5) is 6.86. The highest BCUT2D eigenvalue weighted by Gasteiger charge is 2.42. The van der Waals surface area contributed by atoms with Crippen molar-refractivity contribution < 1.29 is 4.74 Å². The molecule has 2 atom stereocenters. The Bertz CT molecular complexity index is 1240. The number of anilines is 1. The van der Waals surface area contributed by atoms with Crippen LogP contribution in [0.5, 0.6) is 5.75 Å². The molecule has 0 amide bonds. The molecule has 5 nitrogen and oxygen atoms in total. The molecule has 0 aliphatic carbocycles. The Balaban J connectivity index is 1.65. The standard InChI is InChI=1S/C27H26N4OS/c1-3-32-22-15-13-21(14-16-22)31-26(25(29-27(31)33)23-11-7-8-18-28-23)24-17-12-19(2)30(24)20-9-5-4-6-10-20/h4-18,25-26H,3H2,1-2H3,(H,29,33)/t25-,26-/m0/s1. The number of thiocarbonyl (C=S) groups is 1. The van der Waals surface area contributed by atoms with Crippen LogP contribution in [0.3, 0.4) is 0 Å². The first-order valence-electron chi connectivity index (χ1n) is 11.1. The molecule has 2 aromatic heterocycles. The van der Waals surface area contributed by atoms with Crippen molar-refractivity contribution in [1.29, 1.82) is 0 Å². The van der Waals surface area contributed by atoms with Crippen LogP contribution in [-0.4, -0.2) is 21.3 Å². The van der Waals surface area contributed by atoms with Gasteiger partial charge in [0.05, 0.1) is 18.3 Å². The van der Waals surface area contributed by atoms with Crippen molar-refractivity contribution in [1.82, 2.24) is 14.9 Å². The van der Waals surface area contributed by atoms with Gasteiger partial charge in [0.15, 0.2) is 5.11 Å². The van der Waals surface area contributed by atoms with Crippen molar-refractivity contribution in [2.24, 2.45) is 0 Å². The van der Waals surface area contributed by atoms with Gasteiger partial charge in [0.25, 0.3) is 0 Å². The quantitative estimate of drug-likeness (QED) is 0.376. The Labute approximate surface area is 199 Å². The van der Waals surface area contributed by atoms with E-state index < -0.39 is 0 Å². The van der Waals surface area contributed by atoms with Gasteiger partial charge in [-0.2, -0.15) is 0 Å². The lowest BCUT2D eigenvalue weighted by molar-refractivity contribution is 0.340. The number of nitrogens with zero attached hydrogens (tertiary/aromatic N) is 3. The normalized spacial score (nSPS) is 17.8. The second-order valence-electron chi connectivity index (χ2n) is 7.99. The van der Waals surface area contributed by atoms with Crippen LogP contribution in [0, 0.1) is 6.92 Å². The fraction of sp³-hybridized carbons (Fsp3) is 0.185. The number of ether oxygens (including phenoxy) is 1. The summed E-state index contributed by atoms with van der Waals surface area (Å²) >= 11 is 5.87. The summed E-state index contributed by atoms with van der Waals surface area (Å²) < 4.78 is 7.95. The molecule has 3 heterocycles. The molecule has 2 aromatic carbocycles. The monoisotopic (exact) mass is 454 g/mol. The van der Waals surface area contributed by atoms with Gasteiger partial charge in [0.1, 0.15) is 11.8 Å². The van der Waals surface area contributed by atoms with Crippen LogP contribution in [0.2, 0.25) is 0 Å². The van der Waals surface area contributed by atoms with Crippen molar-refractivity contribution in [2.45, 2.75) is 25.9 Å². The molecule has 0 radical (unpaired) electrons. The second kappa shape index (κ2) is 9.08. The lowest BCUT2D eigenvalue weighted by Gasteiger charge is -2.29. The summed E-state index contributed by atoms with van der Waals surface area (Å²) in [5.41, 5.74) is 5.41. The third-order valence-electron chi connectivity index (χ3n) is 5.95. The maximum Gasteiger partial charge on any atom is 0.174 e. The van der Waals surface area contributed by atoms with E-state index >= 15 is 0 Å². The van der Waals surface area contributed by atoms with Gasteiger partial charge >= 0.3 is 0 Å². The number of nitrogens with one attached hydrogen (secondary N) is 1. The van der Waals surface area contributed by atoms with Crippen LogP contribution in [0.4, 0.5) is 5.69 Å². The molecule has 166 valence electrons. The van der Waals surface area contributed by atoms with E-state index in [1.165, 1.54) is 5.69 Å². The minimum Gasteiger partial charge on any atom is -0.494 e. The highest BCUT2D eigenvalue weighted by Crippen LogP contribution is 2.43. The average molecular weight is 455 g/mol. The summed E-state index contributed by atoms with van der Waals surface area (Å²) in [5.74, 6) is 0.848. The van der Waals surface area contributed by atoms with Gasteiger partial charge in [-0.15, -0.1) is 0 Å². The summed E-state index contributed by atoms with van der Waals surface area (Å²) in [7, 11) is 0. The Morgan fingerprint density at radius 3 is 2.36 bits per heavy atom. The maximum atomic E-state index is 5.87. The predicted molar refractivity (Wildman–Crippen MR) is 136 cm³/mol. The van der Waals surface area contributed by atoms with E-state index in [1.54, 1.807) is 0 Å². The number of benzene rings is 2. The molecule has 6 heteroatoms. The SMILES string of the molecule is CCOc1ccc(N2C(=S)N[C@@H](c3ccccn3)[C@@H]2c2ccc(C)n2-c2ccccc2)cc1. The van der Waals surface area contributed by atoms with Crippen LogP contribution in [0.15, 0.2) is 91.1 Å². The van der Waals surface area contributed by atoms with E-state index in [9.17, 15) is 0 Å². The van der Waals surface area contributed by atoms with E-state index in [4.69, 9.17) is 17.0 Å². The number of aromatic nitrogens is 2. The van der Waals surface area contributed by atoms with Crippen LogP contribution in [0.1, 0.15) is 36.1 Å². The van der Waals surface area contributed by atoms with Crippen LogP contribution in [-0.2, 0) is 0 Å². The van der Waals surface area contributed by atoms with Crippen LogP contribution >= 0.6 is 12.2 Å². The topological polar surface area (TPSA) is 42.3 Å². The summed E-state index contributed by atoms with van der Waals surface area (Å²) in [6, 6.07) is 28.7. The Morgan fingerprint density at radius 2 is 1.67 bits per heavy atom. The first kappa shape index (κ1) is 21.2. The van der Waals surface area contributed by atoms with Gasteiger partial charge in [-0.3, -0.25) is 4.98 Å². The predicted octanol–water partition coefficient (Wildman–Crippen LogP) is 5.76. The lowest BCUT2D eigenvalue weighted by atomic mass is 10.0. The van der Waals surface area contributed by atoms with E-state index in [1.807, 2.05) is 43.5 Å². The number of para-hydroxylation sites is 1. The third kappa shape index (κ3) is 3.98. The fourth-order valence-corrected chi connectivity index (χ4v) is 4.87. The van der Waals surface area contributed by atoms with Gasteiger partial charge in [-0.1, -0.05) is 24.3 Å². The van der Waals surface area contributed by atoms with Gasteiger partial charge in [0, 0.05) is 29.0 Å². The summed E-state index contributed by atoms with van der Waals surface area (Å²) in [5, 5.41) is 4.22. The number of hydrogen-bond donors (Lipinski definition) is 1. The Hall–Kier alpha value is -3.64. The smallest absolute Gasteiger partial charge is 0.174 e. The molecule has 1 fully saturated rings. The largest absolute Gasteiger partial charge is 0.494 e. The number of pyridine rings is 1. The zero-order chi connectivity index (χ0) is 22.8. The molecule has 1 aliphatic heterocycles. The van der Waals surface area contributed by atoms with Crippen LogP contribution < -0.4 is 15.0 Å². The van der Waals surface area contributed by atoms with E-state index in [0.717, 1.165) is 28.5 Å². The number of aryl methyl sites for hydroxylation is 1. The second-order valence-corrected chi connectivity index (χ2v) is 8.38. The van der Waals surface area contributed by atoms with Crippen molar-refractivity contribution in [3.05, 3.63) is 108 Å². The van der Waals surface area contributed by atoms with Crippen LogP contribution in [0.25, 0.3) is 5.69 Å². The zero-order valence-corrected chi connectivity index (χ0v) is 19.5. The lowest BCUT2D eigenvalue weighted by Crippen LogP contribution is -2.30. The Morgan fingerprint density at radius 1 is 0.909 bits per heavy atom. The molecule has 0 saturated carbocycles. The molecule has 33 heavy (non-hydrogen) atoms. The van der Waals surface area contributed by atoms with E-state index in [2.05, 4.69) is 81.3 Å². The van der Waals surface area contributed by atoms with E-state index in [-0.39, 0.29) is 12.1 Å². The first-order valence-corrected chi connectivity index (χ1v) is 11.6. The average Bonchev–Trinajstić information content (AvgIpc) is 3.40. The molecule has 4 aromatic rings. The van der Waals surface area contributed by atoms with Gasteiger partial charge < -0.3 is 19.5 Å². The van der Waals surface area contributed by atoms with Crippen molar-refractivity contribution in [3.8, 4) is 11.4 Å². The first-order chi connectivity index (χ1) is 16.2. The summed E-state index contributed by atoms with van der Waals surface area (Å²) in [6.07, 6.45) is 1.83. The number of hydrogen-bond acceptors (Lipinski definition) is 3.